The molecule has 0 amide bonds. The van der Waals surface area contributed by atoms with Crippen molar-refractivity contribution < 1.29 is 9.47 Å². The summed E-state index contributed by atoms with van der Waals surface area (Å²) >= 11 is 0. The fourth-order valence-electron chi connectivity index (χ4n) is 2.80. The third-order valence-electron chi connectivity index (χ3n) is 3.94. The van der Waals surface area contributed by atoms with Crippen LogP contribution < -0.4 is 15.0 Å². The molecule has 0 unspecified atom stereocenters. The molecule has 0 bridgehead atoms. The van der Waals surface area contributed by atoms with Crippen LogP contribution in [0.15, 0.2) is 53.3 Å². The van der Waals surface area contributed by atoms with Crippen molar-refractivity contribution in [2.45, 2.75) is 13.3 Å². The Hall–Kier alpha value is -3.08. The van der Waals surface area contributed by atoms with Gasteiger partial charge in [0.2, 0.25) is 5.88 Å². The first kappa shape index (κ1) is 14.5. The lowest BCUT2D eigenvalue weighted by molar-refractivity contribution is 0.340. The molecule has 0 fully saturated rings. The van der Waals surface area contributed by atoms with Crippen LogP contribution in [0.1, 0.15) is 18.1 Å². The summed E-state index contributed by atoms with van der Waals surface area (Å²) in [6.07, 6.45) is 0.521. The highest BCUT2D eigenvalue weighted by Crippen LogP contribution is 2.34. The Kier molecular flexibility index (Phi) is 3.54. The van der Waals surface area contributed by atoms with Gasteiger partial charge in [-0.3, -0.25) is 4.79 Å². The highest BCUT2D eigenvalue weighted by Gasteiger charge is 2.22. The van der Waals surface area contributed by atoms with E-state index in [9.17, 15) is 4.79 Å². The minimum atomic E-state index is -0.175. The van der Waals surface area contributed by atoms with Crippen LogP contribution in [-0.4, -0.2) is 16.6 Å². The SMILES string of the molecule is CCOc1cccc(-c2nc3c(c(=O)[nH]2)Cc2ccccc2O3)c1. The summed E-state index contributed by atoms with van der Waals surface area (Å²) in [5, 5.41) is 0. The normalized spacial score (nSPS) is 12.0. The standard InChI is InChI=1S/C19H16N2O3/c1-2-23-14-8-5-7-13(10-14)17-20-18(22)15-11-12-6-3-4-9-16(12)24-19(15)21-17/h3-10H,2,11H2,1H3,(H,20,21,22). The van der Waals surface area contributed by atoms with Gasteiger partial charge in [-0.05, 0) is 30.7 Å². The minimum Gasteiger partial charge on any atom is -0.494 e. The fraction of sp³-hybridized carbons (Fsp3) is 0.158. The predicted molar refractivity (Wildman–Crippen MR) is 90.8 cm³/mol. The third kappa shape index (κ3) is 2.54. The van der Waals surface area contributed by atoms with Crippen LogP contribution in [0, 0.1) is 0 Å². The predicted octanol–water partition coefficient (Wildman–Crippen LogP) is 3.53. The van der Waals surface area contributed by atoms with Crippen molar-refractivity contribution in [2.24, 2.45) is 0 Å². The molecule has 0 saturated heterocycles. The molecule has 0 atom stereocenters. The van der Waals surface area contributed by atoms with E-state index in [4.69, 9.17) is 9.47 Å². The van der Waals surface area contributed by atoms with E-state index in [0.717, 1.165) is 22.6 Å². The number of ether oxygens (including phenoxy) is 2. The van der Waals surface area contributed by atoms with Gasteiger partial charge in [-0.2, -0.15) is 4.98 Å². The Morgan fingerprint density at radius 1 is 1.21 bits per heavy atom. The monoisotopic (exact) mass is 320 g/mol. The minimum absolute atomic E-state index is 0.175. The maximum absolute atomic E-state index is 12.5. The largest absolute Gasteiger partial charge is 0.494 e. The molecule has 3 aromatic rings. The second-order valence-electron chi connectivity index (χ2n) is 5.55. The Morgan fingerprint density at radius 3 is 2.96 bits per heavy atom. The van der Waals surface area contributed by atoms with E-state index in [1.165, 1.54) is 0 Å². The molecule has 5 nitrogen and oxygen atoms in total. The average molecular weight is 320 g/mol. The van der Waals surface area contributed by atoms with Gasteiger partial charge in [-0.15, -0.1) is 0 Å². The number of nitrogens with zero attached hydrogens (tertiary/aromatic N) is 1. The number of rotatable bonds is 3. The summed E-state index contributed by atoms with van der Waals surface area (Å²) < 4.78 is 11.3. The van der Waals surface area contributed by atoms with Crippen molar-refractivity contribution in [1.29, 1.82) is 0 Å². The van der Waals surface area contributed by atoms with E-state index in [1.54, 1.807) is 0 Å². The molecule has 0 radical (unpaired) electrons. The van der Waals surface area contributed by atoms with E-state index < -0.39 is 0 Å². The number of hydrogen-bond acceptors (Lipinski definition) is 4. The number of nitrogens with one attached hydrogen (secondary N) is 1. The lowest BCUT2D eigenvalue weighted by atomic mass is 10.0. The maximum Gasteiger partial charge on any atom is 0.258 e. The second-order valence-corrected chi connectivity index (χ2v) is 5.55. The van der Waals surface area contributed by atoms with Crippen LogP contribution in [0.4, 0.5) is 0 Å². The molecule has 24 heavy (non-hydrogen) atoms. The number of aromatic amines is 1. The first-order valence-corrected chi connectivity index (χ1v) is 7.87. The molecule has 4 rings (SSSR count). The Bertz CT molecular complexity index is 963. The number of H-pyrrole nitrogens is 1. The quantitative estimate of drug-likeness (QED) is 0.627. The van der Waals surface area contributed by atoms with Gasteiger partial charge in [-0.25, -0.2) is 0 Å². The summed E-state index contributed by atoms with van der Waals surface area (Å²) in [7, 11) is 0. The van der Waals surface area contributed by atoms with Crippen LogP contribution >= 0.6 is 0 Å². The number of benzene rings is 2. The molecule has 1 aromatic heterocycles. The topological polar surface area (TPSA) is 64.2 Å². The van der Waals surface area contributed by atoms with Crippen LogP contribution in [-0.2, 0) is 6.42 Å². The number of hydrogen-bond donors (Lipinski definition) is 1. The smallest absolute Gasteiger partial charge is 0.258 e. The molecular formula is C19H16N2O3. The van der Waals surface area contributed by atoms with E-state index in [2.05, 4.69) is 9.97 Å². The molecule has 0 saturated carbocycles. The van der Waals surface area contributed by atoms with Crippen molar-refractivity contribution in [1.82, 2.24) is 9.97 Å². The fourth-order valence-corrected chi connectivity index (χ4v) is 2.80. The highest BCUT2D eigenvalue weighted by atomic mass is 16.5. The molecule has 2 aromatic carbocycles. The number of fused-ring (bicyclic) bond motifs is 2. The van der Waals surface area contributed by atoms with E-state index in [-0.39, 0.29) is 5.56 Å². The Balaban J connectivity index is 1.77. The summed E-state index contributed by atoms with van der Waals surface area (Å²) in [5.74, 6) is 2.33. The van der Waals surface area contributed by atoms with Gasteiger partial charge < -0.3 is 14.5 Å². The molecular weight excluding hydrogens is 304 g/mol. The van der Waals surface area contributed by atoms with Gasteiger partial charge in [0, 0.05) is 12.0 Å². The van der Waals surface area contributed by atoms with Gasteiger partial charge in [0.25, 0.3) is 5.56 Å². The van der Waals surface area contributed by atoms with Crippen LogP contribution in [0.3, 0.4) is 0 Å². The molecule has 5 heteroatoms. The van der Waals surface area contributed by atoms with E-state index >= 15 is 0 Å². The van der Waals surface area contributed by atoms with Crippen molar-refractivity contribution in [3.63, 3.8) is 0 Å². The Labute approximate surface area is 138 Å². The number of para-hydroxylation sites is 1. The van der Waals surface area contributed by atoms with Crippen molar-refractivity contribution in [2.75, 3.05) is 6.61 Å². The second kappa shape index (κ2) is 5.85. The zero-order valence-corrected chi connectivity index (χ0v) is 13.2. The highest BCUT2D eigenvalue weighted by molar-refractivity contribution is 5.59. The van der Waals surface area contributed by atoms with E-state index in [0.29, 0.717) is 30.3 Å². The molecule has 0 spiro atoms. The summed E-state index contributed by atoms with van der Waals surface area (Å²) in [5.41, 5.74) is 2.15. The molecule has 0 aliphatic carbocycles. The Morgan fingerprint density at radius 2 is 2.08 bits per heavy atom. The lowest BCUT2D eigenvalue weighted by Gasteiger charge is -2.18. The van der Waals surface area contributed by atoms with Crippen LogP contribution in [0.25, 0.3) is 11.4 Å². The molecule has 1 aliphatic heterocycles. The zero-order valence-electron chi connectivity index (χ0n) is 13.2. The summed E-state index contributed by atoms with van der Waals surface area (Å²) in [6, 6.07) is 15.2. The first-order chi connectivity index (χ1) is 11.7. The molecule has 1 N–H and O–H groups in total. The molecule has 120 valence electrons. The maximum atomic E-state index is 12.5. The molecule has 1 aliphatic rings. The molecule has 2 heterocycles. The zero-order chi connectivity index (χ0) is 16.5. The van der Waals surface area contributed by atoms with Gasteiger partial charge in [0.15, 0.2) is 0 Å². The van der Waals surface area contributed by atoms with Gasteiger partial charge in [0.05, 0.1) is 12.2 Å². The van der Waals surface area contributed by atoms with Gasteiger partial charge in [0.1, 0.15) is 17.3 Å². The van der Waals surface area contributed by atoms with Crippen LogP contribution in [0.5, 0.6) is 17.4 Å². The lowest BCUT2D eigenvalue weighted by Crippen LogP contribution is -2.20. The van der Waals surface area contributed by atoms with Gasteiger partial charge in [-0.1, -0.05) is 30.3 Å². The third-order valence-corrected chi connectivity index (χ3v) is 3.94. The average Bonchev–Trinajstić information content (AvgIpc) is 2.61. The van der Waals surface area contributed by atoms with Crippen molar-refractivity contribution in [3.8, 4) is 28.8 Å². The summed E-state index contributed by atoms with van der Waals surface area (Å²) in [6.45, 7) is 2.51. The van der Waals surface area contributed by atoms with Crippen molar-refractivity contribution >= 4 is 0 Å². The van der Waals surface area contributed by atoms with Crippen LogP contribution in [0.2, 0.25) is 0 Å². The van der Waals surface area contributed by atoms with Crippen molar-refractivity contribution in [3.05, 3.63) is 70.0 Å². The first-order valence-electron chi connectivity index (χ1n) is 7.87. The van der Waals surface area contributed by atoms with E-state index in [1.807, 2.05) is 55.5 Å². The number of aromatic nitrogens is 2. The van der Waals surface area contributed by atoms with Gasteiger partial charge >= 0.3 is 0 Å². The summed E-state index contributed by atoms with van der Waals surface area (Å²) in [4.78, 5) is 19.8.